The molecule has 0 aromatic heterocycles. The average Bonchev–Trinajstić information content (AvgIpc) is 3.03. The van der Waals surface area contributed by atoms with Crippen molar-refractivity contribution in [3.8, 4) is 0 Å². The van der Waals surface area contributed by atoms with Crippen molar-refractivity contribution in [1.82, 2.24) is 4.90 Å². The second-order valence-corrected chi connectivity index (χ2v) is 8.67. The first-order valence-electron chi connectivity index (χ1n) is 10.7. The number of aliphatic hydroxyl groups excluding tert-OH is 1. The van der Waals surface area contributed by atoms with Gasteiger partial charge in [0.1, 0.15) is 5.82 Å². The Morgan fingerprint density at radius 2 is 2.00 bits per heavy atom. The number of benzene rings is 2. The molecule has 3 aliphatic heterocycles. The van der Waals surface area contributed by atoms with Crippen LogP contribution in [0.25, 0.3) is 0 Å². The van der Waals surface area contributed by atoms with Crippen LogP contribution in [-0.4, -0.2) is 48.0 Å². The minimum atomic E-state index is -0.543. The molecule has 0 unspecified atom stereocenters. The predicted molar refractivity (Wildman–Crippen MR) is 111 cm³/mol. The number of Topliss-reactive ketones (excluding diaryl/α,β-unsaturated/α-hetero) is 1. The molecule has 5 heteroatoms. The van der Waals surface area contributed by atoms with E-state index in [1.165, 1.54) is 28.9 Å². The third-order valence-corrected chi connectivity index (χ3v) is 6.84. The Morgan fingerprint density at radius 3 is 2.83 bits per heavy atom. The Labute approximate surface area is 170 Å². The quantitative estimate of drug-likeness (QED) is 0.844. The van der Waals surface area contributed by atoms with E-state index in [0.29, 0.717) is 37.1 Å². The molecular formula is C24H27FN2O2. The lowest BCUT2D eigenvalue weighted by molar-refractivity contribution is -0.117. The minimum Gasteiger partial charge on any atom is -0.388 e. The van der Waals surface area contributed by atoms with E-state index in [-0.39, 0.29) is 5.82 Å². The van der Waals surface area contributed by atoms with Crippen LogP contribution in [0.3, 0.4) is 0 Å². The number of carbonyl (C=O) groups is 1. The van der Waals surface area contributed by atoms with Gasteiger partial charge >= 0.3 is 0 Å². The number of fused-ring (bicyclic) bond motifs is 3. The highest BCUT2D eigenvalue weighted by atomic mass is 19.1. The summed E-state index contributed by atoms with van der Waals surface area (Å²) in [4.78, 5) is 17.1. The van der Waals surface area contributed by atoms with Crippen molar-refractivity contribution in [1.29, 1.82) is 0 Å². The van der Waals surface area contributed by atoms with E-state index in [4.69, 9.17) is 0 Å². The molecule has 152 valence electrons. The van der Waals surface area contributed by atoms with E-state index in [2.05, 4.69) is 28.0 Å². The number of piperidine rings is 1. The summed E-state index contributed by atoms with van der Waals surface area (Å²) in [6, 6.07) is 13.0. The van der Waals surface area contributed by atoms with Gasteiger partial charge in [0.25, 0.3) is 0 Å². The van der Waals surface area contributed by atoms with Crippen molar-refractivity contribution in [2.24, 2.45) is 0 Å². The van der Waals surface area contributed by atoms with Gasteiger partial charge < -0.3 is 14.9 Å². The number of anilines is 1. The Balaban J connectivity index is 1.21. The number of hydrogen-bond acceptors (Lipinski definition) is 4. The Bertz CT molecular complexity index is 914. The van der Waals surface area contributed by atoms with Gasteiger partial charge in [-0.3, -0.25) is 4.79 Å². The maximum Gasteiger partial charge on any atom is 0.156 e. The lowest BCUT2D eigenvalue weighted by atomic mass is 9.88. The number of halogens is 1. The van der Waals surface area contributed by atoms with Crippen LogP contribution in [-0.2, 0) is 11.2 Å². The van der Waals surface area contributed by atoms with Crippen LogP contribution in [0.5, 0.6) is 0 Å². The molecular weight excluding hydrogens is 367 g/mol. The third-order valence-electron chi connectivity index (χ3n) is 6.84. The standard InChI is InChI=1S/C24H27FN2O2/c25-18-8-6-16(7-9-18)23(29)5-2-11-26-12-10-22-21(15-26)20-4-1-3-17-13-19(28)14-27(22)24(17)20/h1,3-4,6-9,21-23,29H,2,5,10-15H2/t21-,22-,23+/m0/s1. The summed E-state index contributed by atoms with van der Waals surface area (Å²) >= 11 is 0. The molecule has 0 bridgehead atoms. The molecule has 29 heavy (non-hydrogen) atoms. The molecule has 1 fully saturated rings. The molecule has 4 nitrogen and oxygen atoms in total. The summed E-state index contributed by atoms with van der Waals surface area (Å²) in [5, 5.41) is 10.4. The number of nitrogens with zero attached hydrogens (tertiary/aromatic N) is 2. The third kappa shape index (κ3) is 3.47. The number of hydrogen-bond donors (Lipinski definition) is 1. The van der Waals surface area contributed by atoms with Crippen LogP contribution in [0.2, 0.25) is 0 Å². The van der Waals surface area contributed by atoms with Crippen molar-refractivity contribution < 1.29 is 14.3 Å². The van der Waals surface area contributed by atoms with E-state index in [0.717, 1.165) is 38.0 Å². The first-order valence-corrected chi connectivity index (χ1v) is 10.7. The number of carbonyl (C=O) groups excluding carboxylic acids is 1. The maximum atomic E-state index is 13.1. The Morgan fingerprint density at radius 1 is 1.17 bits per heavy atom. The summed E-state index contributed by atoms with van der Waals surface area (Å²) in [5.41, 5.74) is 4.72. The molecule has 0 aliphatic carbocycles. The van der Waals surface area contributed by atoms with Gasteiger partial charge in [-0.2, -0.15) is 0 Å². The highest BCUT2D eigenvalue weighted by Gasteiger charge is 2.44. The molecule has 3 atom stereocenters. The zero-order valence-corrected chi connectivity index (χ0v) is 16.6. The monoisotopic (exact) mass is 394 g/mol. The second kappa shape index (κ2) is 7.54. The summed E-state index contributed by atoms with van der Waals surface area (Å²) in [7, 11) is 0. The molecule has 1 N–H and O–H groups in total. The van der Waals surface area contributed by atoms with Crippen LogP contribution < -0.4 is 4.90 Å². The summed E-state index contributed by atoms with van der Waals surface area (Å²) in [6.45, 7) is 3.56. The first-order chi connectivity index (χ1) is 14.1. The topological polar surface area (TPSA) is 43.8 Å². The van der Waals surface area contributed by atoms with Crippen molar-refractivity contribution >= 4 is 11.5 Å². The molecule has 2 aromatic carbocycles. The van der Waals surface area contributed by atoms with Crippen LogP contribution in [0.4, 0.5) is 10.1 Å². The average molecular weight is 394 g/mol. The fraction of sp³-hybridized carbons (Fsp3) is 0.458. The lowest BCUT2D eigenvalue weighted by Gasteiger charge is -2.39. The molecule has 2 aromatic rings. The van der Waals surface area contributed by atoms with E-state index in [1.54, 1.807) is 12.1 Å². The summed E-state index contributed by atoms with van der Waals surface area (Å²) in [6.07, 6.45) is 2.69. The van der Waals surface area contributed by atoms with Gasteiger partial charge in [-0.15, -0.1) is 0 Å². The van der Waals surface area contributed by atoms with Crippen LogP contribution >= 0.6 is 0 Å². The number of aliphatic hydroxyl groups is 1. The zero-order chi connectivity index (χ0) is 20.0. The smallest absolute Gasteiger partial charge is 0.156 e. The maximum absolute atomic E-state index is 13.1. The van der Waals surface area contributed by atoms with Crippen LogP contribution in [0.15, 0.2) is 42.5 Å². The highest BCUT2D eigenvalue weighted by molar-refractivity contribution is 5.92. The minimum absolute atomic E-state index is 0.275. The predicted octanol–water partition coefficient (Wildman–Crippen LogP) is 3.44. The van der Waals surface area contributed by atoms with E-state index in [9.17, 15) is 14.3 Å². The fourth-order valence-corrected chi connectivity index (χ4v) is 5.47. The number of likely N-dealkylation sites (tertiary alicyclic amines) is 1. The van der Waals surface area contributed by atoms with Gasteiger partial charge in [0, 0.05) is 37.2 Å². The van der Waals surface area contributed by atoms with Gasteiger partial charge in [0.15, 0.2) is 5.78 Å². The zero-order valence-electron chi connectivity index (χ0n) is 16.6. The van der Waals surface area contributed by atoms with Crippen LogP contribution in [0, 0.1) is 5.82 Å². The fourth-order valence-electron chi connectivity index (χ4n) is 5.47. The van der Waals surface area contributed by atoms with Gasteiger partial charge in [-0.1, -0.05) is 30.3 Å². The molecule has 0 spiro atoms. The highest BCUT2D eigenvalue weighted by Crippen LogP contribution is 2.47. The number of rotatable bonds is 5. The largest absolute Gasteiger partial charge is 0.388 e. The van der Waals surface area contributed by atoms with E-state index < -0.39 is 6.10 Å². The lowest BCUT2D eigenvalue weighted by Crippen LogP contribution is -2.48. The van der Waals surface area contributed by atoms with Crippen molar-refractivity contribution in [2.45, 2.75) is 43.7 Å². The van der Waals surface area contributed by atoms with Gasteiger partial charge in [-0.25, -0.2) is 4.39 Å². The number of ketones is 1. The van der Waals surface area contributed by atoms with Gasteiger partial charge in [-0.05, 0) is 54.6 Å². The van der Waals surface area contributed by atoms with Gasteiger partial charge in [0.2, 0.25) is 0 Å². The summed E-state index contributed by atoms with van der Waals surface area (Å²) < 4.78 is 13.1. The normalized spacial score (nSPS) is 24.3. The second-order valence-electron chi connectivity index (χ2n) is 8.67. The molecule has 0 saturated carbocycles. The molecule has 1 saturated heterocycles. The molecule has 3 aliphatic rings. The molecule has 0 amide bonds. The Hall–Kier alpha value is -2.24. The first kappa shape index (κ1) is 18.8. The summed E-state index contributed by atoms with van der Waals surface area (Å²) in [5.74, 6) is 0.516. The van der Waals surface area contributed by atoms with Crippen molar-refractivity contribution in [3.05, 3.63) is 65.0 Å². The van der Waals surface area contributed by atoms with E-state index >= 15 is 0 Å². The molecule has 0 radical (unpaired) electrons. The van der Waals surface area contributed by atoms with Crippen LogP contribution in [0.1, 0.15) is 48.0 Å². The number of para-hydroxylation sites is 1. The van der Waals surface area contributed by atoms with Gasteiger partial charge in [0.05, 0.1) is 12.6 Å². The van der Waals surface area contributed by atoms with Crippen molar-refractivity contribution in [3.63, 3.8) is 0 Å². The Kier molecular flexibility index (Phi) is 4.88. The van der Waals surface area contributed by atoms with Crippen molar-refractivity contribution in [2.75, 3.05) is 31.1 Å². The molecule has 5 rings (SSSR count). The van der Waals surface area contributed by atoms with E-state index in [1.807, 2.05) is 0 Å². The SMILES string of the molecule is O=C1Cc2cccc3c2N(C1)[C@H]1CCN(CCC[C@@H](O)c2ccc(F)cc2)C[C@@H]31. The molecule has 3 heterocycles.